The van der Waals surface area contributed by atoms with Crippen molar-refractivity contribution in [1.82, 2.24) is 9.88 Å². The summed E-state index contributed by atoms with van der Waals surface area (Å²) in [6.45, 7) is 7.38. The molecule has 0 amide bonds. The van der Waals surface area contributed by atoms with E-state index in [9.17, 15) is 4.39 Å². The monoisotopic (exact) mass is 422 g/mol. The van der Waals surface area contributed by atoms with Crippen LogP contribution in [-0.2, 0) is 13.0 Å². The zero-order valence-electron chi connectivity index (χ0n) is 16.0. The molecule has 4 nitrogen and oxygen atoms in total. The van der Waals surface area contributed by atoms with Gasteiger partial charge in [-0.2, -0.15) is 0 Å². The second-order valence-corrected chi connectivity index (χ2v) is 7.26. The van der Waals surface area contributed by atoms with E-state index in [1.54, 1.807) is 13.2 Å². The predicted molar refractivity (Wildman–Crippen MR) is 111 cm³/mol. The molecule has 2 aromatic rings. The van der Waals surface area contributed by atoms with Crippen LogP contribution in [0.1, 0.15) is 23.7 Å². The Kier molecular flexibility index (Phi) is 6.16. The fourth-order valence-corrected chi connectivity index (χ4v) is 4.02. The molecule has 0 radical (unpaired) electrons. The number of pyridine rings is 1. The number of nitrogens with zero attached hydrogens (tertiary/aromatic N) is 2. The first-order chi connectivity index (χ1) is 13.4. The second-order valence-electron chi connectivity index (χ2n) is 6.50. The minimum Gasteiger partial charge on any atom is -0.491 e. The number of methoxy groups -OCH3 is 2. The van der Waals surface area contributed by atoms with Crippen molar-refractivity contribution in [3.05, 3.63) is 69.4 Å². The van der Waals surface area contributed by atoms with E-state index in [1.165, 1.54) is 19.4 Å². The Morgan fingerprint density at radius 2 is 1.82 bits per heavy atom. The largest absolute Gasteiger partial charge is 0.491 e. The number of fused-ring (bicyclic) bond motifs is 1. The maximum Gasteiger partial charge on any atom is 0.181 e. The average molecular weight is 423 g/mol. The standard InChI is InChI=1S/C21H21Cl2FN2O2/c1-12(17-6-5-14(24)10-25-17)9-13(2)26-8-7-15-16(11-26)19(23)21(28-4)20(27-3)18(15)22/h5-6,9-10H,2,7-8,11H2,1,3-4H3/b12-9+. The van der Waals surface area contributed by atoms with Crippen molar-refractivity contribution >= 4 is 28.8 Å². The van der Waals surface area contributed by atoms with Crippen LogP contribution in [0.2, 0.25) is 10.0 Å². The highest BCUT2D eigenvalue weighted by Gasteiger charge is 2.28. The molecular formula is C21H21Cl2FN2O2. The van der Waals surface area contributed by atoms with Crippen molar-refractivity contribution in [2.45, 2.75) is 19.9 Å². The lowest BCUT2D eigenvalue weighted by Gasteiger charge is -2.33. The van der Waals surface area contributed by atoms with Gasteiger partial charge in [0.2, 0.25) is 0 Å². The fraction of sp³-hybridized carbons (Fsp3) is 0.286. The van der Waals surface area contributed by atoms with Gasteiger partial charge in [0.25, 0.3) is 0 Å². The maximum atomic E-state index is 13.1. The third-order valence-corrected chi connectivity index (χ3v) is 5.61. The molecule has 0 fully saturated rings. The minimum atomic E-state index is -0.362. The molecule has 1 aliphatic heterocycles. The van der Waals surface area contributed by atoms with Crippen LogP contribution in [0.4, 0.5) is 4.39 Å². The second kappa shape index (κ2) is 8.41. The first-order valence-corrected chi connectivity index (χ1v) is 9.47. The molecule has 7 heteroatoms. The van der Waals surface area contributed by atoms with E-state index in [0.29, 0.717) is 40.2 Å². The van der Waals surface area contributed by atoms with Crippen molar-refractivity contribution in [2.24, 2.45) is 0 Å². The molecule has 0 saturated heterocycles. The van der Waals surface area contributed by atoms with Crippen molar-refractivity contribution < 1.29 is 13.9 Å². The normalized spacial score (nSPS) is 13.9. The van der Waals surface area contributed by atoms with E-state index >= 15 is 0 Å². The van der Waals surface area contributed by atoms with Crippen LogP contribution in [0, 0.1) is 5.82 Å². The van der Waals surface area contributed by atoms with Gasteiger partial charge in [-0.15, -0.1) is 0 Å². The summed E-state index contributed by atoms with van der Waals surface area (Å²) < 4.78 is 23.9. The molecule has 0 spiro atoms. The molecule has 0 aliphatic carbocycles. The van der Waals surface area contributed by atoms with Crippen LogP contribution in [0.3, 0.4) is 0 Å². The molecule has 0 unspecified atom stereocenters. The average Bonchev–Trinajstić information content (AvgIpc) is 2.70. The lowest BCUT2D eigenvalue weighted by atomic mass is 9.97. The first kappa shape index (κ1) is 20.5. The van der Waals surface area contributed by atoms with Gasteiger partial charge >= 0.3 is 0 Å². The number of rotatable bonds is 5. The van der Waals surface area contributed by atoms with Crippen LogP contribution in [-0.4, -0.2) is 30.6 Å². The van der Waals surface area contributed by atoms with E-state index < -0.39 is 0 Å². The molecule has 0 bridgehead atoms. The van der Waals surface area contributed by atoms with Crippen LogP contribution in [0.25, 0.3) is 5.57 Å². The van der Waals surface area contributed by atoms with Crippen molar-refractivity contribution in [3.8, 4) is 11.5 Å². The zero-order chi connectivity index (χ0) is 20.4. The van der Waals surface area contributed by atoms with Gasteiger partial charge in [-0.1, -0.05) is 29.8 Å². The van der Waals surface area contributed by atoms with Gasteiger partial charge in [-0.25, -0.2) is 4.39 Å². The van der Waals surface area contributed by atoms with Crippen LogP contribution < -0.4 is 9.47 Å². The summed E-state index contributed by atoms with van der Waals surface area (Å²) in [6.07, 6.45) is 3.84. The van der Waals surface area contributed by atoms with Gasteiger partial charge in [-0.05, 0) is 48.3 Å². The molecule has 0 saturated carbocycles. The highest BCUT2D eigenvalue weighted by Crippen LogP contribution is 2.47. The smallest absolute Gasteiger partial charge is 0.181 e. The Morgan fingerprint density at radius 1 is 1.18 bits per heavy atom. The molecular weight excluding hydrogens is 402 g/mol. The summed E-state index contributed by atoms with van der Waals surface area (Å²) >= 11 is 13.1. The summed E-state index contributed by atoms with van der Waals surface area (Å²) in [4.78, 5) is 6.22. The molecule has 1 aromatic carbocycles. The predicted octanol–water partition coefficient (Wildman–Crippen LogP) is 5.52. The van der Waals surface area contributed by atoms with Crippen LogP contribution >= 0.6 is 23.2 Å². The Hall–Kier alpha value is -2.24. The number of allylic oxidation sites excluding steroid dienone is 2. The molecule has 0 N–H and O–H groups in total. The molecule has 1 aliphatic rings. The Morgan fingerprint density at radius 3 is 2.39 bits per heavy atom. The number of halogens is 3. The first-order valence-electron chi connectivity index (χ1n) is 8.72. The van der Waals surface area contributed by atoms with Gasteiger partial charge in [-0.3, -0.25) is 4.98 Å². The van der Waals surface area contributed by atoms with E-state index in [0.717, 1.165) is 28.9 Å². The fourth-order valence-electron chi connectivity index (χ4n) is 3.31. The van der Waals surface area contributed by atoms with Gasteiger partial charge < -0.3 is 14.4 Å². The SMILES string of the molecule is C=C(/C=C(\C)c1ccc(F)cn1)N1CCc2c(Cl)c(OC)c(OC)c(Cl)c2C1. The zero-order valence-corrected chi connectivity index (χ0v) is 17.5. The van der Waals surface area contributed by atoms with Crippen molar-refractivity contribution in [2.75, 3.05) is 20.8 Å². The number of hydrogen-bond donors (Lipinski definition) is 0. The quantitative estimate of drug-likeness (QED) is 0.594. The third-order valence-electron chi connectivity index (χ3n) is 4.81. The van der Waals surface area contributed by atoms with E-state index in [-0.39, 0.29) is 5.82 Å². The van der Waals surface area contributed by atoms with Gasteiger partial charge in [0.15, 0.2) is 11.5 Å². The topological polar surface area (TPSA) is 34.6 Å². The molecule has 0 atom stereocenters. The van der Waals surface area contributed by atoms with Crippen LogP contribution in [0.5, 0.6) is 11.5 Å². The number of benzene rings is 1. The number of hydrogen-bond acceptors (Lipinski definition) is 4. The Labute approximate surface area is 174 Å². The number of ether oxygens (including phenoxy) is 2. The highest BCUT2D eigenvalue weighted by atomic mass is 35.5. The lowest BCUT2D eigenvalue weighted by molar-refractivity contribution is 0.325. The van der Waals surface area contributed by atoms with Crippen molar-refractivity contribution in [3.63, 3.8) is 0 Å². The maximum absolute atomic E-state index is 13.1. The molecule has 28 heavy (non-hydrogen) atoms. The summed E-state index contributed by atoms with van der Waals surface area (Å²) in [5.41, 5.74) is 4.29. The minimum absolute atomic E-state index is 0.362. The van der Waals surface area contributed by atoms with E-state index in [1.807, 2.05) is 13.0 Å². The van der Waals surface area contributed by atoms with E-state index in [4.69, 9.17) is 32.7 Å². The van der Waals surface area contributed by atoms with Crippen LogP contribution in [0.15, 0.2) is 36.7 Å². The van der Waals surface area contributed by atoms with Gasteiger partial charge in [0.1, 0.15) is 5.82 Å². The summed E-state index contributed by atoms with van der Waals surface area (Å²) in [5, 5.41) is 1.03. The third kappa shape index (κ3) is 3.82. The van der Waals surface area contributed by atoms with E-state index in [2.05, 4.69) is 16.5 Å². The highest BCUT2D eigenvalue weighted by molar-refractivity contribution is 6.37. The summed E-state index contributed by atoms with van der Waals surface area (Å²) in [6, 6.07) is 3.04. The van der Waals surface area contributed by atoms with Gasteiger partial charge in [0, 0.05) is 18.8 Å². The summed E-state index contributed by atoms with van der Waals surface area (Å²) in [7, 11) is 3.08. The molecule has 3 rings (SSSR count). The van der Waals surface area contributed by atoms with Gasteiger partial charge in [0.05, 0.1) is 36.2 Å². The Balaban J connectivity index is 1.88. The molecule has 148 valence electrons. The van der Waals surface area contributed by atoms with Crippen molar-refractivity contribution in [1.29, 1.82) is 0 Å². The molecule has 2 heterocycles. The molecule has 1 aromatic heterocycles. The Bertz CT molecular complexity index is 943. The number of aromatic nitrogens is 1. The summed E-state index contributed by atoms with van der Waals surface area (Å²) in [5.74, 6) is 0.528. The lowest BCUT2D eigenvalue weighted by Crippen LogP contribution is -2.29.